The summed E-state index contributed by atoms with van der Waals surface area (Å²) in [6, 6.07) is 18.5. The number of carbonyl (C=O) groups is 2. The molecule has 0 aromatic heterocycles. The maximum absolute atomic E-state index is 11.9. The van der Waals surface area contributed by atoms with Gasteiger partial charge in [0.1, 0.15) is 5.60 Å². The lowest BCUT2D eigenvalue weighted by molar-refractivity contribution is -0.307. The Morgan fingerprint density at radius 3 is 1.89 bits per heavy atom. The highest BCUT2D eigenvalue weighted by atomic mass is 32.2. The number of carboxylic acid groups (broad SMARTS) is 1. The average molecular weight is 386 g/mol. The Labute approximate surface area is 164 Å². The van der Waals surface area contributed by atoms with Gasteiger partial charge in [0.2, 0.25) is 0 Å². The van der Waals surface area contributed by atoms with Crippen molar-refractivity contribution in [3.05, 3.63) is 71.8 Å². The molecule has 0 unspecified atom stereocenters. The van der Waals surface area contributed by atoms with E-state index in [-0.39, 0.29) is 11.0 Å². The molecule has 1 amide bonds. The number of amides is 1. The van der Waals surface area contributed by atoms with E-state index in [1.807, 2.05) is 60.7 Å². The van der Waals surface area contributed by atoms with Crippen LogP contribution in [-0.2, 0) is 9.53 Å². The quantitative estimate of drug-likeness (QED) is 0.791. The summed E-state index contributed by atoms with van der Waals surface area (Å²) in [4.78, 5) is 23.4. The third kappa shape index (κ3) is 6.98. The summed E-state index contributed by atoms with van der Waals surface area (Å²) in [5.74, 6) is -1.19. The number of alkyl carbamates (subject to hydrolysis) is 1. The van der Waals surface area contributed by atoms with Gasteiger partial charge in [0.25, 0.3) is 0 Å². The van der Waals surface area contributed by atoms with Gasteiger partial charge in [0.15, 0.2) is 0 Å². The molecule has 2 rings (SSSR count). The highest BCUT2D eigenvalue weighted by Crippen LogP contribution is 2.35. The van der Waals surface area contributed by atoms with Crippen LogP contribution in [0.1, 0.15) is 37.1 Å². The minimum Gasteiger partial charge on any atom is -0.548 e. The van der Waals surface area contributed by atoms with Crippen LogP contribution in [0.5, 0.6) is 0 Å². The van der Waals surface area contributed by atoms with E-state index in [9.17, 15) is 14.7 Å². The molecule has 2 aromatic rings. The molecule has 0 aliphatic rings. The van der Waals surface area contributed by atoms with Crippen LogP contribution in [0.25, 0.3) is 0 Å². The fraction of sp³-hybridized carbons (Fsp3) is 0.333. The van der Waals surface area contributed by atoms with Gasteiger partial charge in [-0.25, -0.2) is 4.79 Å². The SMILES string of the molecule is CC(C)(C)OC(=O)N[C@@H](CSC(c1ccccc1)c1ccccc1)C(=O)[O-]. The topological polar surface area (TPSA) is 78.5 Å². The molecule has 2 aromatic carbocycles. The van der Waals surface area contributed by atoms with Gasteiger partial charge in [-0.05, 0) is 31.9 Å². The van der Waals surface area contributed by atoms with Crippen LogP contribution >= 0.6 is 11.8 Å². The van der Waals surface area contributed by atoms with Gasteiger partial charge in [-0.1, -0.05) is 60.7 Å². The van der Waals surface area contributed by atoms with Gasteiger partial charge in [-0.3, -0.25) is 0 Å². The van der Waals surface area contributed by atoms with E-state index in [2.05, 4.69) is 5.32 Å². The maximum atomic E-state index is 11.9. The zero-order valence-electron chi connectivity index (χ0n) is 15.7. The molecule has 0 heterocycles. The summed E-state index contributed by atoms with van der Waals surface area (Å²) < 4.78 is 5.14. The molecule has 0 saturated heterocycles. The molecule has 5 nitrogen and oxygen atoms in total. The Morgan fingerprint density at radius 2 is 1.48 bits per heavy atom. The molecule has 0 radical (unpaired) electrons. The molecule has 144 valence electrons. The number of hydrogen-bond donors (Lipinski definition) is 1. The molecule has 0 fully saturated rings. The Hall–Kier alpha value is -2.47. The zero-order chi connectivity index (χ0) is 19.9. The predicted molar refractivity (Wildman–Crippen MR) is 105 cm³/mol. The normalized spacial score (nSPS) is 12.4. The van der Waals surface area contributed by atoms with E-state index in [1.54, 1.807) is 20.8 Å². The molecule has 27 heavy (non-hydrogen) atoms. The highest BCUT2D eigenvalue weighted by molar-refractivity contribution is 7.99. The van der Waals surface area contributed by atoms with Crippen LogP contribution in [-0.4, -0.2) is 29.5 Å². The summed E-state index contributed by atoms with van der Waals surface area (Å²) in [6.07, 6.45) is -0.770. The van der Waals surface area contributed by atoms with Crippen molar-refractivity contribution in [1.29, 1.82) is 0 Å². The lowest BCUT2D eigenvalue weighted by Gasteiger charge is -2.25. The van der Waals surface area contributed by atoms with Gasteiger partial charge >= 0.3 is 6.09 Å². The molecule has 0 aliphatic carbocycles. The van der Waals surface area contributed by atoms with Crippen molar-refractivity contribution in [3.8, 4) is 0 Å². The molecular formula is C21H24NO4S-. The van der Waals surface area contributed by atoms with Gasteiger partial charge < -0.3 is 20.0 Å². The van der Waals surface area contributed by atoms with Crippen molar-refractivity contribution in [2.24, 2.45) is 0 Å². The van der Waals surface area contributed by atoms with E-state index in [0.29, 0.717) is 0 Å². The lowest BCUT2D eigenvalue weighted by Crippen LogP contribution is -2.50. The fourth-order valence-corrected chi connectivity index (χ4v) is 3.75. The van der Waals surface area contributed by atoms with Crippen LogP contribution in [0.2, 0.25) is 0 Å². The maximum Gasteiger partial charge on any atom is 0.408 e. The largest absolute Gasteiger partial charge is 0.548 e. The predicted octanol–water partition coefficient (Wildman–Crippen LogP) is 3.15. The van der Waals surface area contributed by atoms with Crippen molar-refractivity contribution in [2.75, 3.05) is 5.75 Å². The van der Waals surface area contributed by atoms with Crippen molar-refractivity contribution in [2.45, 2.75) is 37.7 Å². The lowest BCUT2D eigenvalue weighted by atomic mass is 10.0. The van der Waals surface area contributed by atoms with Gasteiger partial charge in [0, 0.05) is 5.75 Å². The molecular weight excluding hydrogens is 362 g/mol. The van der Waals surface area contributed by atoms with Crippen LogP contribution in [0.15, 0.2) is 60.7 Å². The molecule has 6 heteroatoms. The minimum atomic E-state index is -1.34. The Kier molecular flexibility index (Phi) is 7.30. The fourth-order valence-electron chi connectivity index (χ4n) is 2.45. The van der Waals surface area contributed by atoms with Crippen LogP contribution in [0, 0.1) is 0 Å². The molecule has 0 aliphatic heterocycles. The number of nitrogens with one attached hydrogen (secondary N) is 1. The second-order valence-corrected chi connectivity index (χ2v) is 8.19. The number of benzene rings is 2. The first kappa shape index (κ1) is 20.8. The first-order valence-electron chi connectivity index (χ1n) is 8.68. The smallest absolute Gasteiger partial charge is 0.408 e. The summed E-state index contributed by atoms with van der Waals surface area (Å²) in [6.45, 7) is 5.16. The second-order valence-electron chi connectivity index (χ2n) is 7.05. The van der Waals surface area contributed by atoms with E-state index in [0.717, 1.165) is 11.1 Å². The monoisotopic (exact) mass is 386 g/mol. The second kappa shape index (κ2) is 9.46. The average Bonchev–Trinajstić information content (AvgIpc) is 2.61. The third-order valence-electron chi connectivity index (χ3n) is 3.61. The van der Waals surface area contributed by atoms with Crippen molar-refractivity contribution in [1.82, 2.24) is 5.32 Å². The number of rotatable bonds is 7. The number of aliphatic carboxylic acids is 1. The summed E-state index contributed by atoms with van der Waals surface area (Å²) in [7, 11) is 0. The summed E-state index contributed by atoms with van der Waals surface area (Å²) >= 11 is 1.43. The van der Waals surface area contributed by atoms with Crippen molar-refractivity contribution < 1.29 is 19.4 Å². The first-order chi connectivity index (χ1) is 12.8. The summed E-state index contributed by atoms with van der Waals surface area (Å²) in [5.41, 5.74) is 1.41. The van der Waals surface area contributed by atoms with Crippen LogP contribution in [0.4, 0.5) is 4.79 Å². The molecule has 0 spiro atoms. The number of hydrogen-bond acceptors (Lipinski definition) is 5. The van der Waals surface area contributed by atoms with Gasteiger partial charge in [-0.2, -0.15) is 0 Å². The van der Waals surface area contributed by atoms with E-state index in [1.165, 1.54) is 11.8 Å². The molecule has 0 saturated carbocycles. The molecule has 1 atom stereocenters. The number of carbonyl (C=O) groups excluding carboxylic acids is 2. The highest BCUT2D eigenvalue weighted by Gasteiger charge is 2.22. The van der Waals surface area contributed by atoms with Crippen molar-refractivity contribution >= 4 is 23.8 Å². The van der Waals surface area contributed by atoms with Gasteiger partial charge in [-0.15, -0.1) is 11.8 Å². The van der Waals surface area contributed by atoms with E-state index >= 15 is 0 Å². The van der Waals surface area contributed by atoms with E-state index in [4.69, 9.17) is 4.74 Å². The standard InChI is InChI=1S/C21H25NO4S/c1-21(2,3)26-20(25)22-17(19(23)24)14-27-18(15-10-6-4-7-11-15)16-12-8-5-9-13-16/h4-13,17-18H,14H2,1-3H3,(H,22,25)(H,23,24)/p-1/t17-/m0/s1. The Balaban J connectivity index is 2.12. The summed E-state index contributed by atoms with van der Waals surface area (Å²) in [5, 5.41) is 13.8. The third-order valence-corrected chi connectivity index (χ3v) is 5.01. The van der Waals surface area contributed by atoms with Crippen LogP contribution in [0.3, 0.4) is 0 Å². The van der Waals surface area contributed by atoms with Crippen LogP contribution < -0.4 is 10.4 Å². The molecule has 1 N–H and O–H groups in total. The minimum absolute atomic E-state index is 0.0605. The Morgan fingerprint density at radius 1 is 1.00 bits per heavy atom. The van der Waals surface area contributed by atoms with Crippen molar-refractivity contribution in [3.63, 3.8) is 0 Å². The number of ether oxygens (including phenoxy) is 1. The van der Waals surface area contributed by atoms with Gasteiger partial charge in [0.05, 0.1) is 17.3 Å². The molecule has 0 bridgehead atoms. The zero-order valence-corrected chi connectivity index (χ0v) is 16.5. The number of thioether (sulfide) groups is 1. The van der Waals surface area contributed by atoms with E-state index < -0.39 is 23.7 Å². The Bertz CT molecular complexity index is 704. The first-order valence-corrected chi connectivity index (χ1v) is 9.73. The number of carboxylic acids is 1.